The molecule has 0 spiro atoms. The Balaban J connectivity index is 1.53. The number of amidine groups is 1. The van der Waals surface area contributed by atoms with Gasteiger partial charge in [-0.2, -0.15) is 8.42 Å². The minimum atomic E-state index is -4.21. The molecular weight excluding hydrogens is 593 g/mol. The van der Waals surface area contributed by atoms with Crippen LogP contribution in [0.3, 0.4) is 0 Å². The summed E-state index contributed by atoms with van der Waals surface area (Å²) in [5.74, 6) is -0.289. The quantitative estimate of drug-likeness (QED) is 0.139. The van der Waals surface area contributed by atoms with Crippen molar-refractivity contribution in [3.05, 3.63) is 96.9 Å². The maximum Gasteiger partial charge on any atom is 0.339 e. The highest BCUT2D eigenvalue weighted by Crippen LogP contribution is 2.30. The standard InChI is InChI=1S/C22H14IN3O6S2/c23-18-6-1-2-7-19(18)24-22-25-21(27)20(33-22)13-14-4-3-5-16(12-14)32-34(30,31)17-10-8-15(9-11-17)26(28)29/h1-13H,(H,24,25,27)/b20-13+. The van der Waals surface area contributed by atoms with Crippen molar-refractivity contribution in [2.75, 3.05) is 0 Å². The number of hydrogen-bond acceptors (Lipinski definition) is 8. The van der Waals surface area contributed by atoms with Crippen molar-refractivity contribution in [2.45, 2.75) is 4.90 Å². The minimum absolute atomic E-state index is 0.0313. The van der Waals surface area contributed by atoms with Crippen molar-refractivity contribution < 1.29 is 22.3 Å². The van der Waals surface area contributed by atoms with E-state index in [1.165, 1.54) is 23.9 Å². The van der Waals surface area contributed by atoms with Gasteiger partial charge >= 0.3 is 10.1 Å². The van der Waals surface area contributed by atoms with Crippen LogP contribution in [0.25, 0.3) is 6.08 Å². The third-order valence-electron chi connectivity index (χ3n) is 4.42. The van der Waals surface area contributed by atoms with Crippen LogP contribution in [0.5, 0.6) is 5.75 Å². The van der Waals surface area contributed by atoms with Gasteiger partial charge in [0.2, 0.25) is 0 Å². The number of nitro groups is 1. The molecule has 1 saturated heterocycles. The van der Waals surface area contributed by atoms with Crippen LogP contribution in [-0.2, 0) is 14.9 Å². The number of aliphatic imine (C=N–C) groups is 1. The lowest BCUT2D eigenvalue weighted by Gasteiger charge is -2.07. The molecule has 1 aliphatic heterocycles. The molecule has 0 atom stereocenters. The van der Waals surface area contributed by atoms with Gasteiger partial charge in [-0.3, -0.25) is 14.9 Å². The number of para-hydroxylation sites is 1. The Bertz CT molecular complexity index is 1450. The van der Waals surface area contributed by atoms with Gasteiger partial charge in [-0.15, -0.1) is 0 Å². The summed E-state index contributed by atoms with van der Waals surface area (Å²) in [6, 6.07) is 18.1. The molecule has 4 rings (SSSR count). The number of halogens is 1. The monoisotopic (exact) mass is 607 g/mol. The average Bonchev–Trinajstić information content (AvgIpc) is 3.14. The summed E-state index contributed by atoms with van der Waals surface area (Å²) in [5.41, 5.74) is 1.05. The fourth-order valence-electron chi connectivity index (χ4n) is 2.85. The number of carbonyl (C=O) groups excluding carboxylic acids is 1. The maximum atomic E-state index is 12.5. The molecule has 1 N–H and O–H groups in total. The topological polar surface area (TPSA) is 128 Å². The first-order chi connectivity index (χ1) is 16.2. The summed E-state index contributed by atoms with van der Waals surface area (Å²) in [4.78, 5) is 27.2. The van der Waals surface area contributed by atoms with Crippen LogP contribution in [0.4, 0.5) is 11.4 Å². The molecule has 1 heterocycles. The molecule has 0 aromatic heterocycles. The smallest absolute Gasteiger partial charge is 0.339 e. The van der Waals surface area contributed by atoms with E-state index in [0.717, 1.165) is 33.5 Å². The van der Waals surface area contributed by atoms with E-state index in [0.29, 0.717) is 15.6 Å². The van der Waals surface area contributed by atoms with E-state index < -0.39 is 15.0 Å². The highest BCUT2D eigenvalue weighted by atomic mass is 127. The molecule has 0 radical (unpaired) electrons. The van der Waals surface area contributed by atoms with Gasteiger partial charge in [0.25, 0.3) is 11.6 Å². The van der Waals surface area contributed by atoms with Crippen molar-refractivity contribution >= 4 is 73.0 Å². The number of thioether (sulfide) groups is 1. The number of hydrogen-bond donors (Lipinski definition) is 1. The van der Waals surface area contributed by atoms with Crippen LogP contribution < -0.4 is 9.50 Å². The lowest BCUT2D eigenvalue weighted by molar-refractivity contribution is -0.384. The summed E-state index contributed by atoms with van der Waals surface area (Å²) in [5, 5.41) is 13.9. The molecule has 9 nitrogen and oxygen atoms in total. The number of rotatable bonds is 6. The molecule has 1 amide bonds. The third-order valence-corrected chi connectivity index (χ3v) is 7.51. The largest absolute Gasteiger partial charge is 0.379 e. The SMILES string of the molecule is O=C1NC(=Nc2ccccc2I)S/C1=C/c1cccc(OS(=O)(=O)c2ccc([N+](=O)[O-])cc2)c1. The van der Waals surface area contributed by atoms with Crippen molar-refractivity contribution in [2.24, 2.45) is 4.99 Å². The lowest BCUT2D eigenvalue weighted by Crippen LogP contribution is -2.19. The molecule has 1 fully saturated rings. The van der Waals surface area contributed by atoms with E-state index in [4.69, 9.17) is 4.18 Å². The molecule has 12 heteroatoms. The molecule has 1 aliphatic rings. The van der Waals surface area contributed by atoms with Gasteiger partial charge in [0.05, 0.1) is 15.5 Å². The van der Waals surface area contributed by atoms with Crippen LogP contribution in [0.2, 0.25) is 0 Å². The number of benzene rings is 3. The molecule has 0 bridgehead atoms. The van der Waals surface area contributed by atoms with Gasteiger partial charge in [-0.1, -0.05) is 24.3 Å². The average molecular weight is 607 g/mol. The van der Waals surface area contributed by atoms with Crippen LogP contribution in [0, 0.1) is 13.7 Å². The predicted octanol–water partition coefficient (Wildman–Crippen LogP) is 4.86. The Morgan fingerprint density at radius 1 is 1.06 bits per heavy atom. The highest BCUT2D eigenvalue weighted by molar-refractivity contribution is 14.1. The number of nitro benzene ring substituents is 1. The number of carbonyl (C=O) groups is 1. The van der Waals surface area contributed by atoms with E-state index in [-0.39, 0.29) is 22.2 Å². The summed E-state index contributed by atoms with van der Waals surface area (Å²) in [6.07, 6.45) is 1.60. The molecule has 172 valence electrons. The third kappa shape index (κ3) is 5.63. The van der Waals surface area contributed by atoms with Crippen LogP contribution in [-0.4, -0.2) is 24.4 Å². The Kier molecular flexibility index (Phi) is 7.00. The van der Waals surface area contributed by atoms with Gasteiger partial charge in [-0.25, -0.2) is 4.99 Å². The molecule has 34 heavy (non-hydrogen) atoms. The normalized spacial score (nSPS) is 16.0. The maximum absolute atomic E-state index is 12.5. The van der Waals surface area contributed by atoms with Gasteiger partial charge < -0.3 is 9.50 Å². The Hall–Kier alpha value is -3.23. The van der Waals surface area contributed by atoms with E-state index in [1.807, 2.05) is 24.3 Å². The van der Waals surface area contributed by atoms with Gasteiger partial charge in [0.15, 0.2) is 5.17 Å². The number of amides is 1. The number of non-ortho nitro benzene ring substituents is 1. The van der Waals surface area contributed by atoms with Crippen molar-refractivity contribution in [3.8, 4) is 5.75 Å². The first-order valence-corrected chi connectivity index (χ1v) is 12.8. The Labute approximate surface area is 212 Å². The van der Waals surface area contributed by atoms with Crippen LogP contribution >= 0.6 is 34.4 Å². The second-order valence-electron chi connectivity index (χ2n) is 6.79. The zero-order valence-electron chi connectivity index (χ0n) is 17.0. The lowest BCUT2D eigenvalue weighted by atomic mass is 10.2. The molecule has 0 aliphatic carbocycles. The zero-order valence-corrected chi connectivity index (χ0v) is 20.8. The van der Waals surface area contributed by atoms with Crippen LogP contribution in [0.1, 0.15) is 5.56 Å². The molecule has 3 aromatic rings. The number of nitrogens with zero attached hydrogens (tertiary/aromatic N) is 2. The van der Waals surface area contributed by atoms with E-state index >= 15 is 0 Å². The summed E-state index contributed by atoms with van der Waals surface area (Å²) in [6.45, 7) is 0. The van der Waals surface area contributed by atoms with E-state index in [1.54, 1.807) is 18.2 Å². The molecule has 0 unspecified atom stereocenters. The Morgan fingerprint density at radius 2 is 1.79 bits per heavy atom. The molecule has 0 saturated carbocycles. The first-order valence-electron chi connectivity index (χ1n) is 9.54. The van der Waals surface area contributed by atoms with Gasteiger partial charge in [-0.05, 0) is 82.4 Å². The van der Waals surface area contributed by atoms with E-state index in [2.05, 4.69) is 32.9 Å². The number of nitrogens with one attached hydrogen (secondary N) is 1. The fraction of sp³-hybridized carbons (Fsp3) is 0. The summed E-state index contributed by atoms with van der Waals surface area (Å²) < 4.78 is 31.2. The Morgan fingerprint density at radius 3 is 2.50 bits per heavy atom. The fourth-order valence-corrected chi connectivity index (χ4v) is 5.11. The summed E-state index contributed by atoms with van der Waals surface area (Å²) in [7, 11) is -4.21. The summed E-state index contributed by atoms with van der Waals surface area (Å²) >= 11 is 3.33. The van der Waals surface area contributed by atoms with Gasteiger partial charge in [0.1, 0.15) is 10.6 Å². The van der Waals surface area contributed by atoms with E-state index in [9.17, 15) is 23.3 Å². The second kappa shape index (κ2) is 9.95. The highest BCUT2D eigenvalue weighted by Gasteiger charge is 2.24. The second-order valence-corrected chi connectivity index (χ2v) is 10.5. The van der Waals surface area contributed by atoms with Crippen molar-refractivity contribution in [1.29, 1.82) is 0 Å². The zero-order chi connectivity index (χ0) is 24.3. The van der Waals surface area contributed by atoms with Crippen molar-refractivity contribution in [1.82, 2.24) is 5.32 Å². The van der Waals surface area contributed by atoms with Crippen LogP contribution in [0.15, 0.2) is 87.6 Å². The first kappa shape index (κ1) is 23.9. The minimum Gasteiger partial charge on any atom is -0.379 e. The van der Waals surface area contributed by atoms with Gasteiger partial charge in [0, 0.05) is 15.7 Å². The molecule has 3 aromatic carbocycles. The predicted molar refractivity (Wildman–Crippen MR) is 137 cm³/mol. The van der Waals surface area contributed by atoms with Crippen molar-refractivity contribution in [3.63, 3.8) is 0 Å². The molecular formula is C22H14IN3O6S2.